The second-order valence-corrected chi connectivity index (χ2v) is 7.61. The van der Waals surface area contributed by atoms with Crippen molar-refractivity contribution in [3.63, 3.8) is 0 Å². The molecule has 0 aromatic rings. The number of halogens is 1. The summed E-state index contributed by atoms with van der Waals surface area (Å²) < 4.78 is 9.88. The van der Waals surface area contributed by atoms with Crippen LogP contribution in [-0.4, -0.2) is 40.7 Å². The molecule has 0 spiro atoms. The Morgan fingerprint density at radius 1 is 1.26 bits per heavy atom. The van der Waals surface area contributed by atoms with Gasteiger partial charge in [0.05, 0.1) is 7.11 Å². The molecule has 1 aliphatic carbocycles. The number of carbonyl (C=O) groups excluding carboxylic acids is 2. The van der Waals surface area contributed by atoms with Gasteiger partial charge in [0.25, 0.3) is 0 Å². The molecule has 1 saturated heterocycles. The fourth-order valence-electron chi connectivity index (χ4n) is 3.29. The molecule has 0 amide bonds. The number of ketones is 1. The molecule has 0 aromatic carbocycles. The van der Waals surface area contributed by atoms with Crippen molar-refractivity contribution in [2.75, 3.05) is 7.11 Å². The van der Waals surface area contributed by atoms with E-state index in [2.05, 4.69) is 11.7 Å². The molecular formula is C21H29ClO5. The van der Waals surface area contributed by atoms with Crippen LogP contribution in [0.2, 0.25) is 0 Å². The fourth-order valence-corrected chi connectivity index (χ4v) is 3.66. The van der Waals surface area contributed by atoms with Crippen LogP contribution in [-0.2, 0) is 19.1 Å². The lowest BCUT2D eigenvalue weighted by molar-refractivity contribution is -0.140. The summed E-state index contributed by atoms with van der Waals surface area (Å²) in [6.45, 7) is 2.15. The smallest absolute Gasteiger partial charge is 0.305 e. The van der Waals surface area contributed by atoms with E-state index < -0.39 is 16.8 Å². The van der Waals surface area contributed by atoms with Crippen LogP contribution in [0.25, 0.3) is 0 Å². The molecule has 1 heterocycles. The van der Waals surface area contributed by atoms with Crippen molar-refractivity contribution in [1.29, 1.82) is 0 Å². The van der Waals surface area contributed by atoms with Crippen molar-refractivity contribution < 1.29 is 24.2 Å². The zero-order valence-corrected chi connectivity index (χ0v) is 16.8. The van der Waals surface area contributed by atoms with Crippen LogP contribution >= 0.6 is 11.6 Å². The average molecular weight is 397 g/mol. The molecule has 0 bridgehead atoms. The number of allylic oxidation sites excluding steroid dienone is 4. The fraction of sp³-hybridized carbons (Fsp3) is 0.619. The molecule has 150 valence electrons. The third-order valence-electron chi connectivity index (χ3n) is 4.97. The van der Waals surface area contributed by atoms with E-state index in [9.17, 15) is 14.7 Å². The third-order valence-corrected chi connectivity index (χ3v) is 5.43. The maximum absolute atomic E-state index is 12.5. The monoisotopic (exact) mass is 396 g/mol. The average Bonchev–Trinajstić information content (AvgIpc) is 3.33. The van der Waals surface area contributed by atoms with Crippen molar-refractivity contribution in [3.8, 4) is 0 Å². The highest BCUT2D eigenvalue weighted by molar-refractivity contribution is 6.41. The molecule has 0 aromatic heterocycles. The highest BCUT2D eigenvalue weighted by atomic mass is 35.5. The molecule has 2 aliphatic rings. The maximum Gasteiger partial charge on any atom is 0.305 e. The minimum Gasteiger partial charge on any atom is -0.469 e. The van der Waals surface area contributed by atoms with Gasteiger partial charge in [0.15, 0.2) is 0 Å². The molecule has 5 nitrogen and oxygen atoms in total. The Morgan fingerprint density at radius 2 is 2.00 bits per heavy atom. The summed E-state index contributed by atoms with van der Waals surface area (Å²) in [5.74, 6) is -0.607. The molecule has 6 heteroatoms. The number of alkyl halides is 1. The first-order chi connectivity index (χ1) is 12.9. The van der Waals surface area contributed by atoms with Gasteiger partial charge < -0.3 is 14.6 Å². The second-order valence-electron chi connectivity index (χ2n) is 7.04. The highest BCUT2D eigenvalue weighted by Gasteiger charge is 2.77. The number of Topliss-reactive ketones (excluding diaryl/α,β-unsaturated/α-hetero) is 1. The summed E-state index contributed by atoms with van der Waals surface area (Å²) >= 11 is 6.19. The molecule has 2 fully saturated rings. The summed E-state index contributed by atoms with van der Waals surface area (Å²) in [7, 11) is 1.36. The number of epoxide rings is 1. The molecule has 1 aliphatic heterocycles. The van der Waals surface area contributed by atoms with Gasteiger partial charge in [0.1, 0.15) is 11.7 Å². The lowest BCUT2D eigenvalue weighted by Gasteiger charge is -2.23. The van der Waals surface area contributed by atoms with Gasteiger partial charge in [-0.3, -0.25) is 9.59 Å². The number of hydrogen-bond acceptors (Lipinski definition) is 5. The van der Waals surface area contributed by atoms with Gasteiger partial charge in [-0.05, 0) is 25.7 Å². The van der Waals surface area contributed by atoms with Crippen molar-refractivity contribution in [1.82, 2.24) is 0 Å². The van der Waals surface area contributed by atoms with Crippen molar-refractivity contribution in [2.24, 2.45) is 0 Å². The van der Waals surface area contributed by atoms with Crippen LogP contribution < -0.4 is 0 Å². The zero-order valence-electron chi connectivity index (χ0n) is 16.1. The largest absolute Gasteiger partial charge is 0.469 e. The second kappa shape index (κ2) is 9.67. The molecule has 0 unspecified atom stereocenters. The standard InChI is InChI=1S/C21H29ClO5/c1-3-4-5-6-9-12-15-20(25)16(18(24)21(22)19(20)27-21)13-10-7-8-11-14-17(23)26-2/h7,9-10,12-13,19,25H,3-6,8,11,14-15H2,1-2H3/b10-7-,12-9-,16-13-/t19-,20-,21+/m0/s1. The zero-order chi connectivity index (χ0) is 19.9. The quantitative estimate of drug-likeness (QED) is 0.143. The molecule has 2 rings (SSSR count). The van der Waals surface area contributed by atoms with Gasteiger partial charge in [-0.1, -0.05) is 61.7 Å². The van der Waals surface area contributed by atoms with Crippen LogP contribution in [0.4, 0.5) is 0 Å². The number of fused-ring (bicyclic) bond motifs is 1. The van der Waals surface area contributed by atoms with Crippen molar-refractivity contribution >= 4 is 23.4 Å². The van der Waals surface area contributed by atoms with E-state index >= 15 is 0 Å². The van der Waals surface area contributed by atoms with Crippen LogP contribution in [0.5, 0.6) is 0 Å². The summed E-state index contributed by atoms with van der Waals surface area (Å²) in [6.07, 6.45) is 14.8. The summed E-state index contributed by atoms with van der Waals surface area (Å²) in [6, 6.07) is 0. The predicted octanol–water partition coefficient (Wildman–Crippen LogP) is 3.99. The van der Waals surface area contributed by atoms with Gasteiger partial charge in [0, 0.05) is 18.4 Å². The predicted molar refractivity (Wildman–Crippen MR) is 104 cm³/mol. The normalized spacial score (nSPS) is 31.2. The van der Waals surface area contributed by atoms with E-state index in [1.807, 2.05) is 18.2 Å². The molecule has 3 atom stereocenters. The number of aliphatic hydroxyl groups is 1. The Labute approximate surface area is 166 Å². The van der Waals surface area contributed by atoms with E-state index in [1.54, 1.807) is 12.2 Å². The van der Waals surface area contributed by atoms with Gasteiger partial charge in [-0.25, -0.2) is 0 Å². The van der Waals surface area contributed by atoms with Crippen LogP contribution in [0.1, 0.15) is 58.3 Å². The molecule has 1 N–H and O–H groups in total. The summed E-state index contributed by atoms with van der Waals surface area (Å²) in [5.41, 5.74) is -1.10. The minimum atomic E-state index is -1.41. The van der Waals surface area contributed by atoms with Gasteiger partial charge in [0.2, 0.25) is 10.8 Å². The lowest BCUT2D eigenvalue weighted by atomic mass is 9.90. The first kappa shape index (κ1) is 21.9. The number of esters is 1. The molecule has 0 radical (unpaired) electrons. The van der Waals surface area contributed by atoms with Crippen molar-refractivity contribution in [2.45, 2.75) is 75.1 Å². The highest BCUT2D eigenvalue weighted by Crippen LogP contribution is 2.59. The topological polar surface area (TPSA) is 76.1 Å². The number of carbonyl (C=O) groups is 2. The van der Waals surface area contributed by atoms with E-state index in [4.69, 9.17) is 16.3 Å². The Kier molecular flexibility index (Phi) is 7.83. The number of unbranched alkanes of at least 4 members (excludes halogenated alkanes) is 4. The molecular weight excluding hydrogens is 368 g/mol. The number of rotatable bonds is 11. The summed E-state index contributed by atoms with van der Waals surface area (Å²) in [5, 5.41) is 9.65. The Balaban J connectivity index is 1.95. The third kappa shape index (κ3) is 5.09. The maximum atomic E-state index is 12.5. The Morgan fingerprint density at radius 3 is 2.70 bits per heavy atom. The van der Waals surface area contributed by atoms with Crippen LogP contribution in [0, 0.1) is 0 Å². The Hall–Kier alpha value is -1.43. The number of hydrogen-bond donors (Lipinski definition) is 1. The molecule has 1 saturated carbocycles. The van der Waals surface area contributed by atoms with Crippen LogP contribution in [0.15, 0.2) is 36.0 Å². The van der Waals surface area contributed by atoms with E-state index in [0.29, 0.717) is 25.7 Å². The van der Waals surface area contributed by atoms with Gasteiger partial charge in [-0.2, -0.15) is 0 Å². The van der Waals surface area contributed by atoms with E-state index in [1.165, 1.54) is 13.5 Å². The van der Waals surface area contributed by atoms with E-state index in [0.717, 1.165) is 19.3 Å². The van der Waals surface area contributed by atoms with Gasteiger partial charge in [-0.15, -0.1) is 0 Å². The van der Waals surface area contributed by atoms with Crippen molar-refractivity contribution in [3.05, 3.63) is 36.0 Å². The number of ether oxygens (including phenoxy) is 2. The SMILES string of the molecule is CCCCC/C=C\C[C@]1(O)/C(=C\C=C/CCCC(=O)OC)C(=O)[C@@]2(Cl)O[C@H]21. The van der Waals surface area contributed by atoms with Gasteiger partial charge >= 0.3 is 5.97 Å². The first-order valence-corrected chi connectivity index (χ1v) is 10.0. The first-order valence-electron chi connectivity index (χ1n) is 9.63. The Bertz CT molecular complexity index is 638. The lowest BCUT2D eigenvalue weighted by Crippen LogP contribution is -2.35. The minimum absolute atomic E-state index is 0.242. The van der Waals surface area contributed by atoms with Crippen LogP contribution in [0.3, 0.4) is 0 Å². The molecule has 27 heavy (non-hydrogen) atoms. The van der Waals surface area contributed by atoms with E-state index in [-0.39, 0.29) is 17.3 Å². The number of methoxy groups -OCH3 is 1. The summed E-state index contributed by atoms with van der Waals surface area (Å²) in [4.78, 5) is 23.6.